The first kappa shape index (κ1) is 18.2. The van der Waals surface area contributed by atoms with Gasteiger partial charge in [0.15, 0.2) is 0 Å². The molecule has 0 spiro atoms. The van der Waals surface area contributed by atoms with Crippen molar-refractivity contribution in [1.82, 2.24) is 5.32 Å². The molecule has 0 bridgehead atoms. The van der Waals surface area contributed by atoms with E-state index in [9.17, 15) is 14.9 Å². The minimum Gasteiger partial charge on any atom is -0.351 e. The molecule has 126 valence electrons. The minimum absolute atomic E-state index is 0.0438. The molecule has 0 radical (unpaired) electrons. The number of nitrogens with zero attached hydrogens (tertiary/aromatic N) is 1. The largest absolute Gasteiger partial charge is 0.351 e. The molecule has 1 amide bonds. The molecule has 7 heteroatoms. The van der Waals surface area contributed by atoms with E-state index >= 15 is 0 Å². The number of halogens is 2. The number of hydrogen-bond acceptors (Lipinski definition) is 3. The van der Waals surface area contributed by atoms with Crippen LogP contribution in [0.25, 0.3) is 0 Å². The lowest BCUT2D eigenvalue weighted by Gasteiger charge is -2.26. The molecule has 0 atom stereocenters. The summed E-state index contributed by atoms with van der Waals surface area (Å²) in [6.45, 7) is 4.33. The molecule has 0 unspecified atom stereocenters. The van der Waals surface area contributed by atoms with Crippen LogP contribution >= 0.6 is 23.2 Å². The smallest absolute Gasteiger partial charge is 0.270 e. The highest BCUT2D eigenvalue weighted by atomic mass is 35.5. The number of benzene rings is 2. The molecular formula is C17H16Cl2N2O3. The minimum atomic E-state index is -0.560. The fourth-order valence-corrected chi connectivity index (χ4v) is 2.66. The van der Waals surface area contributed by atoms with E-state index in [1.54, 1.807) is 6.07 Å². The van der Waals surface area contributed by atoms with Crippen LogP contribution in [0, 0.1) is 10.1 Å². The van der Waals surface area contributed by atoms with Crippen LogP contribution in [0.4, 0.5) is 5.69 Å². The van der Waals surface area contributed by atoms with Crippen LogP contribution in [0.15, 0.2) is 42.5 Å². The van der Waals surface area contributed by atoms with E-state index in [4.69, 9.17) is 23.2 Å². The highest BCUT2D eigenvalue weighted by Gasteiger charge is 2.23. The van der Waals surface area contributed by atoms with Crippen LogP contribution in [0.3, 0.4) is 0 Å². The van der Waals surface area contributed by atoms with E-state index in [2.05, 4.69) is 5.32 Å². The molecule has 1 N–H and O–H groups in total. The summed E-state index contributed by atoms with van der Waals surface area (Å²) >= 11 is 12.0. The molecule has 24 heavy (non-hydrogen) atoms. The molecule has 0 saturated heterocycles. The predicted molar refractivity (Wildman–Crippen MR) is 94.9 cm³/mol. The number of carbonyl (C=O) groups excluding carboxylic acids is 1. The van der Waals surface area contributed by atoms with Crippen molar-refractivity contribution in [2.75, 3.05) is 6.54 Å². The van der Waals surface area contributed by atoms with Gasteiger partial charge in [0, 0.05) is 29.1 Å². The Morgan fingerprint density at radius 1 is 1.21 bits per heavy atom. The molecule has 5 nitrogen and oxygen atoms in total. The van der Waals surface area contributed by atoms with Gasteiger partial charge >= 0.3 is 0 Å². The molecule has 0 aliphatic heterocycles. The first-order valence-corrected chi connectivity index (χ1v) is 7.94. The average molecular weight is 367 g/mol. The van der Waals surface area contributed by atoms with Crippen molar-refractivity contribution >= 4 is 34.8 Å². The standard InChI is InChI=1S/C17H16Cl2N2O3/c1-17(2,11-4-3-5-12(18)8-11)10-20-16(22)14-7-6-13(21(23)24)9-15(14)19/h3-9H,10H2,1-2H3,(H,20,22). The second-order valence-electron chi connectivity index (χ2n) is 6.00. The summed E-state index contributed by atoms with van der Waals surface area (Å²) in [4.78, 5) is 22.5. The van der Waals surface area contributed by atoms with Gasteiger partial charge in [0.2, 0.25) is 0 Å². The van der Waals surface area contributed by atoms with Crippen LogP contribution in [0.2, 0.25) is 10.0 Å². The Morgan fingerprint density at radius 2 is 1.92 bits per heavy atom. The summed E-state index contributed by atoms with van der Waals surface area (Å²) in [5, 5.41) is 14.2. The van der Waals surface area contributed by atoms with Crippen molar-refractivity contribution in [2.45, 2.75) is 19.3 Å². The van der Waals surface area contributed by atoms with Crippen molar-refractivity contribution in [3.05, 3.63) is 73.8 Å². The zero-order valence-electron chi connectivity index (χ0n) is 13.2. The predicted octanol–water partition coefficient (Wildman–Crippen LogP) is 4.61. The van der Waals surface area contributed by atoms with Crippen LogP contribution in [0.5, 0.6) is 0 Å². The number of amides is 1. The number of nitrogens with one attached hydrogen (secondary N) is 1. The van der Waals surface area contributed by atoms with Gasteiger partial charge in [-0.15, -0.1) is 0 Å². The number of non-ortho nitro benzene ring substituents is 1. The normalized spacial score (nSPS) is 11.2. The van der Waals surface area contributed by atoms with Crippen molar-refractivity contribution in [3.63, 3.8) is 0 Å². The first-order valence-electron chi connectivity index (χ1n) is 7.19. The maximum Gasteiger partial charge on any atom is 0.270 e. The van der Waals surface area contributed by atoms with Gasteiger partial charge < -0.3 is 5.32 Å². The maximum atomic E-state index is 12.3. The highest BCUT2D eigenvalue weighted by molar-refractivity contribution is 6.34. The van der Waals surface area contributed by atoms with Crippen molar-refractivity contribution in [3.8, 4) is 0 Å². The Hall–Kier alpha value is -2.11. The second-order valence-corrected chi connectivity index (χ2v) is 6.84. The van der Waals surface area contributed by atoms with Gasteiger partial charge in [-0.3, -0.25) is 14.9 Å². The zero-order valence-corrected chi connectivity index (χ0v) is 14.7. The lowest BCUT2D eigenvalue weighted by molar-refractivity contribution is -0.384. The third kappa shape index (κ3) is 4.24. The molecule has 2 aromatic rings. The molecule has 0 aliphatic rings. The maximum absolute atomic E-state index is 12.3. The summed E-state index contributed by atoms with van der Waals surface area (Å²) in [5.41, 5.74) is 0.693. The van der Waals surface area contributed by atoms with E-state index in [1.807, 2.05) is 32.0 Å². The third-order valence-corrected chi connectivity index (χ3v) is 4.25. The number of nitro benzene ring substituents is 1. The van der Waals surface area contributed by atoms with Crippen molar-refractivity contribution in [2.24, 2.45) is 0 Å². The molecule has 0 aromatic heterocycles. The summed E-state index contributed by atoms with van der Waals surface area (Å²) in [7, 11) is 0. The third-order valence-electron chi connectivity index (χ3n) is 3.71. The quantitative estimate of drug-likeness (QED) is 0.620. The van der Waals surface area contributed by atoms with Gasteiger partial charge in [-0.05, 0) is 23.8 Å². The van der Waals surface area contributed by atoms with E-state index < -0.39 is 4.92 Å². The Kier molecular flexibility index (Phi) is 5.47. The molecule has 2 aromatic carbocycles. The number of rotatable bonds is 5. The lowest BCUT2D eigenvalue weighted by atomic mass is 9.84. The van der Waals surface area contributed by atoms with Crippen LogP contribution in [-0.4, -0.2) is 17.4 Å². The number of nitro groups is 1. The van der Waals surface area contributed by atoms with Gasteiger partial charge in [-0.1, -0.05) is 49.2 Å². The first-order chi connectivity index (χ1) is 11.2. The number of hydrogen-bond donors (Lipinski definition) is 1. The van der Waals surface area contributed by atoms with Gasteiger partial charge in [-0.2, -0.15) is 0 Å². The molecule has 0 heterocycles. The van der Waals surface area contributed by atoms with Crippen LogP contribution in [-0.2, 0) is 5.41 Å². The fourth-order valence-electron chi connectivity index (χ4n) is 2.21. The average Bonchev–Trinajstić information content (AvgIpc) is 2.52. The van der Waals surface area contributed by atoms with E-state index in [0.29, 0.717) is 11.6 Å². The second kappa shape index (κ2) is 7.20. The summed E-state index contributed by atoms with van der Waals surface area (Å²) < 4.78 is 0. The van der Waals surface area contributed by atoms with Crippen molar-refractivity contribution < 1.29 is 9.72 Å². The Labute approximate surface area is 149 Å². The van der Waals surface area contributed by atoms with E-state index in [0.717, 1.165) is 5.56 Å². The van der Waals surface area contributed by atoms with Crippen molar-refractivity contribution in [1.29, 1.82) is 0 Å². The Balaban J connectivity index is 2.11. The van der Waals surface area contributed by atoms with Gasteiger partial charge in [0.25, 0.3) is 11.6 Å². The topological polar surface area (TPSA) is 72.2 Å². The number of carbonyl (C=O) groups is 1. The lowest BCUT2D eigenvalue weighted by Crippen LogP contribution is -2.36. The molecule has 0 aliphatic carbocycles. The van der Waals surface area contributed by atoms with Gasteiger partial charge in [0.05, 0.1) is 15.5 Å². The molecule has 2 rings (SSSR count). The van der Waals surface area contributed by atoms with Gasteiger partial charge in [0.1, 0.15) is 0 Å². The SMILES string of the molecule is CC(C)(CNC(=O)c1ccc([N+](=O)[O-])cc1Cl)c1cccc(Cl)c1. The van der Waals surface area contributed by atoms with E-state index in [1.165, 1.54) is 18.2 Å². The summed E-state index contributed by atoms with van der Waals surface area (Å²) in [6.07, 6.45) is 0. The molecule has 0 fully saturated rings. The van der Waals surface area contributed by atoms with E-state index in [-0.39, 0.29) is 27.6 Å². The molecular weight excluding hydrogens is 351 g/mol. The summed E-state index contributed by atoms with van der Waals surface area (Å²) in [6, 6.07) is 11.2. The Morgan fingerprint density at radius 3 is 2.50 bits per heavy atom. The zero-order chi connectivity index (χ0) is 17.9. The van der Waals surface area contributed by atoms with Crippen LogP contribution < -0.4 is 5.32 Å². The van der Waals surface area contributed by atoms with Crippen LogP contribution in [0.1, 0.15) is 29.8 Å². The van der Waals surface area contributed by atoms with Gasteiger partial charge in [-0.25, -0.2) is 0 Å². The monoisotopic (exact) mass is 366 g/mol. The molecule has 0 saturated carbocycles. The fraction of sp³-hybridized carbons (Fsp3) is 0.235. The Bertz CT molecular complexity index is 791. The highest BCUT2D eigenvalue weighted by Crippen LogP contribution is 2.26. The summed E-state index contributed by atoms with van der Waals surface area (Å²) in [5.74, 6) is -0.384.